The first kappa shape index (κ1) is 14.3. The predicted octanol–water partition coefficient (Wildman–Crippen LogP) is 3.92. The van der Waals surface area contributed by atoms with E-state index < -0.39 is 0 Å². The van der Waals surface area contributed by atoms with Gasteiger partial charge in [0.2, 0.25) is 0 Å². The number of nitrogens with zero attached hydrogens (tertiary/aromatic N) is 2. The lowest BCUT2D eigenvalue weighted by atomic mass is 10.0. The number of hydrogen-bond donors (Lipinski definition) is 1. The van der Waals surface area contributed by atoms with Crippen LogP contribution < -0.4 is 5.73 Å². The number of rotatable bonds is 5. The van der Waals surface area contributed by atoms with Crippen LogP contribution in [-0.2, 0) is 19.4 Å². The lowest BCUT2D eigenvalue weighted by Gasteiger charge is -2.10. The number of aryl methyl sites for hydroxylation is 2. The Morgan fingerprint density at radius 1 is 1.24 bits per heavy atom. The van der Waals surface area contributed by atoms with Crippen molar-refractivity contribution in [2.45, 2.75) is 39.3 Å². The Morgan fingerprint density at radius 2 is 2.05 bits per heavy atom. The molecule has 1 aromatic carbocycles. The molecule has 0 radical (unpaired) electrons. The summed E-state index contributed by atoms with van der Waals surface area (Å²) in [6.07, 6.45) is 1.83. The minimum atomic E-state index is 0.0311. The first-order valence-electron chi connectivity index (χ1n) is 7.50. The van der Waals surface area contributed by atoms with Crippen molar-refractivity contribution >= 4 is 22.2 Å². The Hall–Kier alpha value is -1.65. The molecule has 4 heteroatoms. The molecule has 3 rings (SSSR count). The van der Waals surface area contributed by atoms with E-state index in [1.807, 2.05) is 0 Å². The molecular weight excluding hydrogens is 278 g/mol. The molecule has 0 amide bonds. The second-order valence-corrected chi connectivity index (χ2v) is 6.20. The molecule has 2 heterocycles. The van der Waals surface area contributed by atoms with Gasteiger partial charge in [0.25, 0.3) is 0 Å². The van der Waals surface area contributed by atoms with E-state index in [1.54, 1.807) is 11.3 Å². The van der Waals surface area contributed by atoms with E-state index in [-0.39, 0.29) is 6.04 Å². The van der Waals surface area contributed by atoms with Gasteiger partial charge in [0.05, 0.1) is 11.2 Å². The van der Waals surface area contributed by atoms with Crippen LogP contribution in [0.2, 0.25) is 0 Å². The second-order valence-electron chi connectivity index (χ2n) is 5.25. The monoisotopic (exact) mass is 299 g/mol. The molecule has 0 aliphatic carbocycles. The van der Waals surface area contributed by atoms with Gasteiger partial charge in [0.15, 0.2) is 0 Å². The normalized spacial score (nSPS) is 12.9. The van der Waals surface area contributed by atoms with Gasteiger partial charge in [0.1, 0.15) is 0 Å². The Kier molecular flexibility index (Phi) is 4.08. The fourth-order valence-electron chi connectivity index (χ4n) is 2.85. The average molecular weight is 299 g/mol. The average Bonchev–Trinajstić information content (AvgIpc) is 3.12. The van der Waals surface area contributed by atoms with Crippen LogP contribution in [0.4, 0.5) is 0 Å². The van der Waals surface area contributed by atoms with E-state index >= 15 is 0 Å². The summed E-state index contributed by atoms with van der Waals surface area (Å²) < 4.78 is 2.06. The molecule has 0 saturated heterocycles. The Morgan fingerprint density at radius 3 is 2.81 bits per heavy atom. The van der Waals surface area contributed by atoms with Gasteiger partial charge >= 0.3 is 0 Å². The highest BCUT2D eigenvalue weighted by molar-refractivity contribution is 7.10. The molecule has 2 N–H and O–H groups in total. The molecule has 3 aromatic rings. The minimum Gasteiger partial charge on any atom is -0.323 e. The third-order valence-corrected chi connectivity index (χ3v) is 5.04. The molecule has 0 spiro atoms. The van der Waals surface area contributed by atoms with Gasteiger partial charge < -0.3 is 5.73 Å². The molecule has 2 aromatic heterocycles. The number of nitrogens with two attached hydrogens (primary N) is 1. The molecule has 1 atom stereocenters. The summed E-state index contributed by atoms with van der Waals surface area (Å²) in [5, 5.41) is 8.12. The van der Waals surface area contributed by atoms with Crippen LogP contribution in [0.15, 0.2) is 35.7 Å². The number of benzene rings is 1. The lowest BCUT2D eigenvalue weighted by molar-refractivity contribution is 0.643. The van der Waals surface area contributed by atoms with Gasteiger partial charge in [-0.1, -0.05) is 25.1 Å². The third kappa shape index (κ3) is 2.61. The zero-order valence-electron chi connectivity index (χ0n) is 12.5. The van der Waals surface area contributed by atoms with Crippen LogP contribution in [0.25, 0.3) is 10.9 Å². The zero-order valence-corrected chi connectivity index (χ0v) is 13.4. The van der Waals surface area contributed by atoms with E-state index in [9.17, 15) is 0 Å². The molecule has 0 bridgehead atoms. The molecule has 0 aliphatic rings. The summed E-state index contributed by atoms with van der Waals surface area (Å²) >= 11 is 1.76. The number of aromatic nitrogens is 2. The molecule has 0 aliphatic heterocycles. The van der Waals surface area contributed by atoms with E-state index in [1.165, 1.54) is 21.3 Å². The van der Waals surface area contributed by atoms with Crippen LogP contribution in [0, 0.1) is 0 Å². The van der Waals surface area contributed by atoms with Crippen molar-refractivity contribution in [2.24, 2.45) is 5.73 Å². The Labute approximate surface area is 129 Å². The van der Waals surface area contributed by atoms with Crippen LogP contribution in [0.5, 0.6) is 0 Å². The summed E-state index contributed by atoms with van der Waals surface area (Å²) in [5.41, 5.74) is 10.1. The van der Waals surface area contributed by atoms with Crippen molar-refractivity contribution in [2.75, 3.05) is 0 Å². The van der Waals surface area contributed by atoms with Crippen molar-refractivity contribution in [3.63, 3.8) is 0 Å². The zero-order chi connectivity index (χ0) is 14.8. The summed E-state index contributed by atoms with van der Waals surface area (Å²) in [5.74, 6) is 0. The highest BCUT2D eigenvalue weighted by atomic mass is 32.1. The van der Waals surface area contributed by atoms with Gasteiger partial charge in [-0.25, -0.2) is 0 Å². The molecule has 0 saturated carbocycles. The number of para-hydroxylation sites is 1. The first-order valence-corrected chi connectivity index (χ1v) is 8.38. The molecule has 110 valence electrons. The van der Waals surface area contributed by atoms with Crippen molar-refractivity contribution in [3.8, 4) is 0 Å². The largest absolute Gasteiger partial charge is 0.323 e. The summed E-state index contributed by atoms with van der Waals surface area (Å²) in [4.78, 5) is 1.30. The van der Waals surface area contributed by atoms with Crippen molar-refractivity contribution in [3.05, 3.63) is 51.8 Å². The van der Waals surface area contributed by atoms with Gasteiger partial charge in [-0.3, -0.25) is 4.68 Å². The van der Waals surface area contributed by atoms with Crippen molar-refractivity contribution < 1.29 is 0 Å². The minimum absolute atomic E-state index is 0.0311. The van der Waals surface area contributed by atoms with Crippen LogP contribution >= 0.6 is 11.3 Å². The maximum absolute atomic E-state index is 6.45. The highest BCUT2D eigenvalue weighted by Crippen LogP contribution is 2.28. The van der Waals surface area contributed by atoms with E-state index in [0.29, 0.717) is 0 Å². The molecule has 21 heavy (non-hydrogen) atoms. The number of fused-ring (bicyclic) bond motifs is 1. The molecule has 3 nitrogen and oxygen atoms in total. The lowest BCUT2D eigenvalue weighted by Crippen LogP contribution is -2.14. The smallest absolute Gasteiger partial charge is 0.0722 e. The molecule has 0 fully saturated rings. The maximum atomic E-state index is 6.45. The predicted molar refractivity (Wildman–Crippen MR) is 89.7 cm³/mol. The van der Waals surface area contributed by atoms with E-state index in [4.69, 9.17) is 10.8 Å². The van der Waals surface area contributed by atoms with Gasteiger partial charge in [-0.05, 0) is 36.4 Å². The van der Waals surface area contributed by atoms with Gasteiger partial charge in [-0.2, -0.15) is 5.10 Å². The van der Waals surface area contributed by atoms with Crippen molar-refractivity contribution in [1.82, 2.24) is 9.78 Å². The second kappa shape index (κ2) is 6.00. The third-order valence-electron chi connectivity index (χ3n) is 3.95. The fraction of sp³-hybridized carbons (Fsp3) is 0.353. The number of hydrogen-bond acceptors (Lipinski definition) is 3. The highest BCUT2D eigenvalue weighted by Gasteiger charge is 2.17. The van der Waals surface area contributed by atoms with Crippen LogP contribution in [0.1, 0.15) is 36.0 Å². The summed E-state index contributed by atoms with van der Waals surface area (Å²) in [6.45, 7) is 5.19. The summed E-state index contributed by atoms with van der Waals surface area (Å²) in [7, 11) is 0. The SMILES string of the molecule is CCc1ccsc1C(N)Cc1nn(CC)c2ccccc12. The van der Waals surface area contributed by atoms with E-state index in [0.717, 1.165) is 25.1 Å². The van der Waals surface area contributed by atoms with Crippen LogP contribution in [0.3, 0.4) is 0 Å². The molecular formula is C17H21N3S. The van der Waals surface area contributed by atoms with E-state index in [2.05, 4.69) is 54.2 Å². The standard InChI is InChI=1S/C17H21N3S/c1-3-12-9-10-21-17(12)14(18)11-15-13-7-5-6-8-16(13)20(4-2)19-15/h5-10,14H,3-4,11,18H2,1-2H3. The quantitative estimate of drug-likeness (QED) is 0.776. The first-order chi connectivity index (χ1) is 10.2. The fourth-order valence-corrected chi connectivity index (χ4v) is 3.85. The molecule has 1 unspecified atom stereocenters. The summed E-state index contributed by atoms with van der Waals surface area (Å²) in [6, 6.07) is 10.6. The van der Waals surface area contributed by atoms with Gasteiger partial charge in [-0.15, -0.1) is 11.3 Å². The van der Waals surface area contributed by atoms with Crippen LogP contribution in [-0.4, -0.2) is 9.78 Å². The maximum Gasteiger partial charge on any atom is 0.0722 e. The number of thiophene rings is 1. The Bertz CT molecular complexity index is 741. The topological polar surface area (TPSA) is 43.8 Å². The Balaban J connectivity index is 1.95. The van der Waals surface area contributed by atoms with Gasteiger partial charge in [0, 0.05) is 29.3 Å². The van der Waals surface area contributed by atoms with Crippen molar-refractivity contribution in [1.29, 1.82) is 0 Å².